The standard InChI is InChI=1S/C20H26/c1-3-4-16-7-10-20-14-19(12-11-18(20)13-16)17-8-5-15(2)6-9-17/h7,10-15,17H,3-6,8-9H2,1-2H3/t15-,17-. The Bertz CT molecular complexity index is 574. The summed E-state index contributed by atoms with van der Waals surface area (Å²) in [6, 6.07) is 14.1. The summed E-state index contributed by atoms with van der Waals surface area (Å²) in [5.74, 6) is 1.73. The third-order valence-corrected chi connectivity index (χ3v) is 4.95. The van der Waals surface area contributed by atoms with Gasteiger partial charge in [0.25, 0.3) is 0 Å². The molecule has 0 heterocycles. The fourth-order valence-electron chi connectivity index (χ4n) is 3.61. The molecule has 106 valence electrons. The first-order chi connectivity index (χ1) is 9.76. The van der Waals surface area contributed by atoms with E-state index in [9.17, 15) is 0 Å². The van der Waals surface area contributed by atoms with Gasteiger partial charge in [0.1, 0.15) is 0 Å². The molecule has 1 saturated carbocycles. The van der Waals surface area contributed by atoms with Crippen molar-refractivity contribution >= 4 is 10.8 Å². The van der Waals surface area contributed by atoms with E-state index >= 15 is 0 Å². The van der Waals surface area contributed by atoms with Crippen LogP contribution in [0.3, 0.4) is 0 Å². The quantitative estimate of drug-likeness (QED) is 0.631. The van der Waals surface area contributed by atoms with Crippen LogP contribution in [0.5, 0.6) is 0 Å². The summed E-state index contributed by atoms with van der Waals surface area (Å²) in [7, 11) is 0. The lowest BCUT2D eigenvalue weighted by Crippen LogP contribution is -2.10. The first-order valence-electron chi connectivity index (χ1n) is 8.29. The highest BCUT2D eigenvalue weighted by Gasteiger charge is 2.19. The Kier molecular flexibility index (Phi) is 4.10. The van der Waals surface area contributed by atoms with E-state index in [1.807, 2.05) is 0 Å². The Morgan fingerprint density at radius 2 is 1.60 bits per heavy atom. The van der Waals surface area contributed by atoms with E-state index in [0.717, 1.165) is 11.8 Å². The van der Waals surface area contributed by atoms with Gasteiger partial charge in [0.15, 0.2) is 0 Å². The van der Waals surface area contributed by atoms with E-state index in [0.29, 0.717) is 0 Å². The third-order valence-electron chi connectivity index (χ3n) is 4.95. The number of hydrogen-bond acceptors (Lipinski definition) is 0. The van der Waals surface area contributed by atoms with E-state index in [1.54, 1.807) is 5.56 Å². The van der Waals surface area contributed by atoms with Crippen LogP contribution in [0, 0.1) is 5.92 Å². The highest BCUT2D eigenvalue weighted by molar-refractivity contribution is 5.84. The molecule has 0 radical (unpaired) electrons. The molecule has 1 aliphatic carbocycles. The molecule has 0 nitrogen and oxygen atoms in total. The second-order valence-corrected chi connectivity index (χ2v) is 6.65. The van der Waals surface area contributed by atoms with Crippen molar-refractivity contribution in [3.63, 3.8) is 0 Å². The fraction of sp³-hybridized carbons (Fsp3) is 0.500. The number of hydrogen-bond donors (Lipinski definition) is 0. The molecule has 0 atom stereocenters. The Morgan fingerprint density at radius 1 is 0.900 bits per heavy atom. The molecule has 2 aromatic rings. The molecule has 0 amide bonds. The molecule has 1 aliphatic rings. The van der Waals surface area contributed by atoms with Crippen LogP contribution >= 0.6 is 0 Å². The van der Waals surface area contributed by atoms with Crippen molar-refractivity contribution in [3.05, 3.63) is 47.5 Å². The summed E-state index contributed by atoms with van der Waals surface area (Å²) in [4.78, 5) is 0. The van der Waals surface area contributed by atoms with Gasteiger partial charge in [0.2, 0.25) is 0 Å². The average Bonchev–Trinajstić information content (AvgIpc) is 2.48. The molecule has 0 unspecified atom stereocenters. The summed E-state index contributed by atoms with van der Waals surface area (Å²) in [5.41, 5.74) is 3.03. The van der Waals surface area contributed by atoms with Crippen molar-refractivity contribution < 1.29 is 0 Å². The zero-order chi connectivity index (χ0) is 13.9. The maximum absolute atomic E-state index is 2.44. The average molecular weight is 266 g/mol. The Labute approximate surface area is 123 Å². The van der Waals surface area contributed by atoms with Crippen molar-refractivity contribution in [1.29, 1.82) is 0 Å². The van der Waals surface area contributed by atoms with Crippen molar-refractivity contribution in [2.75, 3.05) is 0 Å². The van der Waals surface area contributed by atoms with E-state index < -0.39 is 0 Å². The van der Waals surface area contributed by atoms with Crippen molar-refractivity contribution in [2.24, 2.45) is 5.92 Å². The van der Waals surface area contributed by atoms with Crippen LogP contribution in [0.25, 0.3) is 10.8 Å². The van der Waals surface area contributed by atoms with Crippen molar-refractivity contribution in [3.8, 4) is 0 Å². The molecule has 0 aliphatic heterocycles. The first kappa shape index (κ1) is 13.7. The summed E-state index contributed by atoms with van der Waals surface area (Å²) in [6.07, 6.45) is 7.97. The molecule has 0 bridgehead atoms. The molecular formula is C20H26. The number of aryl methyl sites for hydroxylation is 1. The predicted molar refractivity (Wildman–Crippen MR) is 88.3 cm³/mol. The van der Waals surface area contributed by atoms with Gasteiger partial charge in [-0.3, -0.25) is 0 Å². The van der Waals surface area contributed by atoms with E-state index in [-0.39, 0.29) is 0 Å². The van der Waals surface area contributed by atoms with Gasteiger partial charge in [-0.15, -0.1) is 0 Å². The minimum atomic E-state index is 0.797. The molecule has 20 heavy (non-hydrogen) atoms. The summed E-state index contributed by atoms with van der Waals surface area (Å²) in [6.45, 7) is 4.64. The van der Waals surface area contributed by atoms with Crippen LogP contribution in [0.4, 0.5) is 0 Å². The summed E-state index contributed by atoms with van der Waals surface area (Å²) < 4.78 is 0. The van der Waals surface area contributed by atoms with Gasteiger partial charge in [-0.25, -0.2) is 0 Å². The Hall–Kier alpha value is -1.30. The zero-order valence-corrected chi connectivity index (χ0v) is 12.9. The van der Waals surface area contributed by atoms with E-state index in [4.69, 9.17) is 0 Å². The van der Waals surface area contributed by atoms with Gasteiger partial charge < -0.3 is 0 Å². The fourth-order valence-corrected chi connectivity index (χ4v) is 3.61. The van der Waals surface area contributed by atoms with Gasteiger partial charge >= 0.3 is 0 Å². The summed E-state index contributed by atoms with van der Waals surface area (Å²) in [5, 5.41) is 2.82. The SMILES string of the molecule is CCCc1ccc2cc([C@H]3CC[C@H](C)CC3)ccc2c1. The summed E-state index contributed by atoms with van der Waals surface area (Å²) >= 11 is 0. The molecule has 2 aromatic carbocycles. The van der Waals surface area contributed by atoms with Gasteiger partial charge in [-0.1, -0.05) is 69.5 Å². The smallest absolute Gasteiger partial charge is 0.0162 e. The number of rotatable bonds is 3. The second kappa shape index (κ2) is 5.99. The van der Waals surface area contributed by atoms with Crippen LogP contribution < -0.4 is 0 Å². The van der Waals surface area contributed by atoms with Crippen LogP contribution in [0.2, 0.25) is 0 Å². The van der Waals surface area contributed by atoms with Gasteiger partial charge in [0.05, 0.1) is 0 Å². The molecule has 0 N–H and O–H groups in total. The van der Waals surface area contributed by atoms with Crippen molar-refractivity contribution in [2.45, 2.75) is 58.3 Å². The zero-order valence-electron chi connectivity index (χ0n) is 12.9. The Morgan fingerprint density at radius 3 is 2.35 bits per heavy atom. The number of fused-ring (bicyclic) bond motifs is 1. The van der Waals surface area contributed by atoms with Crippen molar-refractivity contribution in [1.82, 2.24) is 0 Å². The van der Waals surface area contributed by atoms with Crippen LogP contribution in [0.1, 0.15) is 63.0 Å². The number of benzene rings is 2. The molecular weight excluding hydrogens is 240 g/mol. The Balaban J connectivity index is 1.85. The van der Waals surface area contributed by atoms with E-state index in [1.165, 1.54) is 54.9 Å². The highest BCUT2D eigenvalue weighted by Crippen LogP contribution is 2.36. The molecule has 0 aromatic heterocycles. The predicted octanol–water partition coefficient (Wildman–Crippen LogP) is 6.09. The second-order valence-electron chi connectivity index (χ2n) is 6.65. The maximum atomic E-state index is 2.44. The molecule has 0 saturated heterocycles. The van der Waals surface area contributed by atoms with E-state index in [2.05, 4.69) is 50.2 Å². The topological polar surface area (TPSA) is 0 Å². The molecule has 0 spiro atoms. The monoisotopic (exact) mass is 266 g/mol. The highest BCUT2D eigenvalue weighted by atomic mass is 14.2. The maximum Gasteiger partial charge on any atom is -0.0162 e. The normalized spacial score (nSPS) is 23.1. The lowest BCUT2D eigenvalue weighted by molar-refractivity contribution is 0.348. The molecule has 1 fully saturated rings. The largest absolute Gasteiger partial charge is 0.0651 e. The van der Waals surface area contributed by atoms with Crippen LogP contribution in [-0.2, 0) is 6.42 Å². The minimum Gasteiger partial charge on any atom is -0.0651 e. The minimum absolute atomic E-state index is 0.797. The molecule has 3 rings (SSSR count). The van der Waals surface area contributed by atoms with Crippen LogP contribution in [0.15, 0.2) is 36.4 Å². The van der Waals surface area contributed by atoms with Crippen LogP contribution in [-0.4, -0.2) is 0 Å². The van der Waals surface area contributed by atoms with Gasteiger partial charge in [0, 0.05) is 0 Å². The lowest BCUT2D eigenvalue weighted by Gasteiger charge is -2.26. The third kappa shape index (κ3) is 2.90. The first-order valence-corrected chi connectivity index (χ1v) is 8.29. The molecule has 0 heteroatoms. The van der Waals surface area contributed by atoms with Gasteiger partial charge in [-0.05, 0) is 53.0 Å². The van der Waals surface area contributed by atoms with Gasteiger partial charge in [-0.2, -0.15) is 0 Å². The lowest BCUT2D eigenvalue weighted by atomic mass is 9.79.